The minimum atomic E-state index is -4.51. The molecule has 0 unspecified atom stereocenters. The minimum Gasteiger partial charge on any atom is -0.317 e. The van der Waals surface area contributed by atoms with Crippen molar-refractivity contribution in [1.29, 1.82) is 0 Å². The molecule has 1 aliphatic heterocycles. The van der Waals surface area contributed by atoms with Gasteiger partial charge in [-0.1, -0.05) is 30.3 Å². The van der Waals surface area contributed by atoms with Gasteiger partial charge in [0.25, 0.3) is 0 Å². The zero-order valence-electron chi connectivity index (χ0n) is 20.6. The van der Waals surface area contributed by atoms with E-state index in [0.717, 1.165) is 51.1 Å². The van der Waals surface area contributed by atoms with Crippen LogP contribution in [-0.4, -0.2) is 53.5 Å². The molecule has 8 heteroatoms. The first kappa shape index (κ1) is 24.1. The van der Waals surface area contributed by atoms with Crippen molar-refractivity contribution in [2.75, 3.05) is 32.1 Å². The van der Waals surface area contributed by atoms with Gasteiger partial charge in [0.1, 0.15) is 5.69 Å². The van der Waals surface area contributed by atoms with E-state index in [1.807, 2.05) is 11.0 Å². The fraction of sp³-hybridized carbons (Fsp3) is 0.556. The van der Waals surface area contributed by atoms with E-state index < -0.39 is 11.9 Å². The van der Waals surface area contributed by atoms with Gasteiger partial charge in [0.05, 0.1) is 24.0 Å². The average Bonchev–Trinajstić information content (AvgIpc) is 3.61. The van der Waals surface area contributed by atoms with E-state index in [1.54, 1.807) is 11.8 Å². The molecule has 5 nitrogen and oxygen atoms in total. The maximum Gasteiger partial charge on any atom is 0.433 e. The van der Waals surface area contributed by atoms with Crippen LogP contribution < -0.4 is 4.90 Å². The van der Waals surface area contributed by atoms with E-state index in [0.29, 0.717) is 23.7 Å². The van der Waals surface area contributed by atoms with Crippen molar-refractivity contribution in [2.45, 2.75) is 62.7 Å². The van der Waals surface area contributed by atoms with E-state index in [2.05, 4.69) is 48.2 Å². The zero-order chi connectivity index (χ0) is 25.0. The number of urea groups is 1. The van der Waals surface area contributed by atoms with Crippen LogP contribution in [-0.2, 0) is 11.7 Å². The third-order valence-electron chi connectivity index (χ3n) is 8.46. The van der Waals surface area contributed by atoms with Gasteiger partial charge in [-0.05, 0) is 82.7 Å². The Labute approximate surface area is 204 Å². The van der Waals surface area contributed by atoms with Gasteiger partial charge in [-0.2, -0.15) is 13.2 Å². The highest BCUT2D eigenvalue weighted by molar-refractivity contribution is 5.96. The summed E-state index contributed by atoms with van der Waals surface area (Å²) in [7, 11) is 4.24. The number of hydrogen-bond acceptors (Lipinski definition) is 3. The molecule has 2 heterocycles. The Morgan fingerprint density at radius 3 is 2.29 bits per heavy atom. The monoisotopic (exact) mass is 486 g/mol. The van der Waals surface area contributed by atoms with Gasteiger partial charge in [0, 0.05) is 12.1 Å². The number of nitrogens with zero attached hydrogens (tertiary/aromatic N) is 4. The van der Waals surface area contributed by atoms with Crippen molar-refractivity contribution in [3.8, 4) is 0 Å². The van der Waals surface area contributed by atoms with Crippen LogP contribution in [0.3, 0.4) is 0 Å². The Balaban J connectivity index is 1.46. The largest absolute Gasteiger partial charge is 0.433 e. The van der Waals surface area contributed by atoms with Crippen LogP contribution in [0, 0.1) is 12.8 Å². The lowest BCUT2D eigenvalue weighted by Gasteiger charge is -2.51. The number of carbonyl (C=O) groups excluding carboxylic acids is 1. The summed E-state index contributed by atoms with van der Waals surface area (Å²) in [5, 5.41) is 0. The van der Waals surface area contributed by atoms with Gasteiger partial charge >= 0.3 is 12.2 Å². The summed E-state index contributed by atoms with van der Waals surface area (Å²) in [5.74, 6) is 0.525. The SMILES string of the molecule is Cc1cc(C(F)(F)F)ncc1N1C[C@]2(CC[C@](c3ccccc3)(N(C)C)CC2)N(CC2CC2)C1=O. The Bertz CT molecular complexity index is 1090. The van der Waals surface area contributed by atoms with Gasteiger partial charge in [-0.3, -0.25) is 9.80 Å². The van der Waals surface area contributed by atoms with E-state index in [1.165, 1.54) is 11.8 Å². The fourth-order valence-electron chi connectivity index (χ4n) is 6.10. The summed E-state index contributed by atoms with van der Waals surface area (Å²) in [6, 6.07) is 11.5. The predicted octanol–water partition coefficient (Wildman–Crippen LogP) is 5.83. The number of aromatic nitrogens is 1. The lowest BCUT2D eigenvalue weighted by atomic mass is 9.68. The first-order chi connectivity index (χ1) is 16.6. The Morgan fingerprint density at radius 1 is 1.09 bits per heavy atom. The summed E-state index contributed by atoms with van der Waals surface area (Å²) >= 11 is 0. The number of alkyl halides is 3. The highest BCUT2D eigenvalue weighted by Gasteiger charge is 2.55. The number of rotatable bonds is 5. The molecule has 0 bridgehead atoms. The molecule has 1 saturated heterocycles. The quantitative estimate of drug-likeness (QED) is 0.534. The second-order valence-corrected chi connectivity index (χ2v) is 10.8. The molecule has 2 aliphatic carbocycles. The third-order valence-corrected chi connectivity index (χ3v) is 8.46. The van der Waals surface area contributed by atoms with Crippen LogP contribution >= 0.6 is 0 Å². The van der Waals surface area contributed by atoms with Crippen molar-refractivity contribution in [1.82, 2.24) is 14.8 Å². The third kappa shape index (κ3) is 4.20. The van der Waals surface area contributed by atoms with Crippen LogP contribution in [0.2, 0.25) is 0 Å². The first-order valence-electron chi connectivity index (χ1n) is 12.4. The standard InChI is InChI=1S/C27H33F3N4O/c1-19-15-23(27(28,29)30)31-16-22(19)33-18-25(34(24(33)35)17-20-9-10-20)11-13-26(14-12-25,32(2)3)21-7-5-4-6-8-21/h4-8,15-16,20H,9-14,17-18H2,1-3H3/t25-,26+. The molecule has 5 rings (SSSR count). The molecular weight excluding hydrogens is 453 g/mol. The van der Waals surface area contributed by atoms with Crippen LogP contribution in [0.1, 0.15) is 55.3 Å². The maximum atomic E-state index is 13.7. The fourth-order valence-corrected chi connectivity index (χ4v) is 6.10. The highest BCUT2D eigenvalue weighted by atomic mass is 19.4. The minimum absolute atomic E-state index is 0.0972. The normalized spacial score (nSPS) is 27.3. The predicted molar refractivity (Wildman–Crippen MR) is 129 cm³/mol. The Kier molecular flexibility index (Phi) is 5.86. The van der Waals surface area contributed by atoms with Gasteiger partial charge < -0.3 is 4.90 Å². The van der Waals surface area contributed by atoms with Crippen LogP contribution in [0.5, 0.6) is 0 Å². The number of hydrogen-bond donors (Lipinski definition) is 0. The molecule has 3 aliphatic rings. The highest BCUT2D eigenvalue weighted by Crippen LogP contribution is 2.50. The topological polar surface area (TPSA) is 39.7 Å². The van der Waals surface area contributed by atoms with Crippen LogP contribution in [0.4, 0.5) is 23.7 Å². The van der Waals surface area contributed by atoms with E-state index in [4.69, 9.17) is 0 Å². The van der Waals surface area contributed by atoms with Crippen molar-refractivity contribution in [3.63, 3.8) is 0 Å². The summed E-state index contributed by atoms with van der Waals surface area (Å²) in [6.45, 7) is 2.84. The van der Waals surface area contributed by atoms with Crippen LogP contribution in [0.25, 0.3) is 0 Å². The van der Waals surface area contributed by atoms with Crippen molar-refractivity contribution < 1.29 is 18.0 Å². The molecule has 1 spiro atoms. The lowest BCUT2D eigenvalue weighted by molar-refractivity contribution is -0.141. The van der Waals surface area contributed by atoms with Crippen molar-refractivity contribution in [2.24, 2.45) is 5.92 Å². The Morgan fingerprint density at radius 2 is 1.74 bits per heavy atom. The Hall–Kier alpha value is -2.61. The number of halogens is 3. The van der Waals surface area contributed by atoms with Gasteiger partial charge in [-0.15, -0.1) is 0 Å². The molecule has 0 N–H and O–H groups in total. The molecule has 2 saturated carbocycles. The molecule has 35 heavy (non-hydrogen) atoms. The van der Waals surface area contributed by atoms with E-state index >= 15 is 0 Å². The molecule has 2 aromatic rings. The molecule has 188 valence electrons. The summed E-state index contributed by atoms with van der Waals surface area (Å²) in [4.78, 5) is 23.4. The molecule has 1 aromatic heterocycles. The second-order valence-electron chi connectivity index (χ2n) is 10.8. The number of amides is 2. The molecule has 3 fully saturated rings. The van der Waals surface area contributed by atoms with E-state index in [9.17, 15) is 18.0 Å². The summed E-state index contributed by atoms with van der Waals surface area (Å²) in [6.07, 6.45) is 2.51. The van der Waals surface area contributed by atoms with Gasteiger partial charge in [0.2, 0.25) is 0 Å². The van der Waals surface area contributed by atoms with Crippen LogP contribution in [0.15, 0.2) is 42.6 Å². The molecule has 2 amide bonds. The molecule has 0 radical (unpaired) electrons. The first-order valence-corrected chi connectivity index (χ1v) is 12.4. The number of pyridine rings is 1. The number of benzene rings is 1. The smallest absolute Gasteiger partial charge is 0.317 e. The zero-order valence-corrected chi connectivity index (χ0v) is 20.6. The molecular formula is C27H33F3N4O. The van der Waals surface area contributed by atoms with Gasteiger partial charge in [0.15, 0.2) is 0 Å². The van der Waals surface area contributed by atoms with E-state index in [-0.39, 0.29) is 17.1 Å². The lowest BCUT2D eigenvalue weighted by Crippen LogP contribution is -2.55. The molecule has 0 atom stereocenters. The van der Waals surface area contributed by atoms with Crippen molar-refractivity contribution in [3.05, 3.63) is 59.4 Å². The summed E-state index contributed by atoms with van der Waals surface area (Å²) in [5.41, 5.74) is 0.854. The second kappa shape index (κ2) is 8.50. The average molecular weight is 487 g/mol. The number of carbonyl (C=O) groups is 1. The van der Waals surface area contributed by atoms with Gasteiger partial charge in [-0.25, -0.2) is 9.78 Å². The number of anilines is 1. The molecule has 1 aromatic carbocycles. The summed E-state index contributed by atoms with van der Waals surface area (Å²) < 4.78 is 39.5. The maximum absolute atomic E-state index is 13.7. The van der Waals surface area contributed by atoms with Crippen molar-refractivity contribution >= 4 is 11.7 Å². The number of aryl methyl sites for hydroxylation is 1.